The lowest BCUT2D eigenvalue weighted by Crippen LogP contribution is -2.58. The molecule has 1 aliphatic rings. The number of likely N-dealkylation sites (tertiary alicyclic amines) is 1. The molecule has 1 atom stereocenters. The molecular formula is C8H15NO5. The molecule has 0 spiro atoms. The van der Waals surface area contributed by atoms with E-state index in [0.29, 0.717) is 0 Å². The van der Waals surface area contributed by atoms with Crippen LogP contribution in [0.4, 0.5) is 0 Å². The monoisotopic (exact) mass is 205 g/mol. The van der Waals surface area contributed by atoms with Gasteiger partial charge < -0.3 is 25.3 Å². The normalized spacial score (nSPS) is 23.3. The molecule has 1 saturated heterocycles. The van der Waals surface area contributed by atoms with E-state index in [1.807, 2.05) is 0 Å². The summed E-state index contributed by atoms with van der Waals surface area (Å²) >= 11 is 0. The molecule has 0 radical (unpaired) electrons. The topological polar surface area (TPSA) is 101 Å². The second-order valence-corrected chi connectivity index (χ2v) is 3.56. The summed E-state index contributed by atoms with van der Waals surface area (Å²) in [6.07, 6.45) is -0.812. The van der Waals surface area contributed by atoms with Crippen LogP contribution in [0, 0.1) is 0 Å². The van der Waals surface area contributed by atoms with E-state index in [0.717, 1.165) is 4.90 Å². The zero-order valence-corrected chi connectivity index (χ0v) is 7.76. The van der Waals surface area contributed by atoms with Crippen molar-refractivity contribution < 1.29 is 25.2 Å². The van der Waals surface area contributed by atoms with Crippen molar-refractivity contribution >= 4 is 5.91 Å². The minimum absolute atomic E-state index is 0.0260. The summed E-state index contributed by atoms with van der Waals surface area (Å²) in [6.45, 7) is -1.55. The van der Waals surface area contributed by atoms with Gasteiger partial charge in [0, 0.05) is 6.54 Å². The molecule has 1 rings (SSSR count). The van der Waals surface area contributed by atoms with Crippen molar-refractivity contribution in [1.82, 2.24) is 4.90 Å². The number of rotatable bonds is 4. The van der Waals surface area contributed by atoms with Crippen molar-refractivity contribution in [2.45, 2.75) is 18.1 Å². The van der Waals surface area contributed by atoms with E-state index in [1.165, 1.54) is 0 Å². The molecule has 0 aliphatic carbocycles. The summed E-state index contributed by atoms with van der Waals surface area (Å²) in [5, 5.41) is 36.3. The Kier molecular flexibility index (Phi) is 3.43. The van der Waals surface area contributed by atoms with Crippen LogP contribution in [0.1, 0.15) is 6.42 Å². The Morgan fingerprint density at radius 3 is 2.07 bits per heavy atom. The van der Waals surface area contributed by atoms with E-state index < -0.39 is 31.5 Å². The van der Waals surface area contributed by atoms with Crippen LogP contribution in [-0.4, -0.2) is 69.2 Å². The summed E-state index contributed by atoms with van der Waals surface area (Å²) < 4.78 is 0. The van der Waals surface area contributed by atoms with Gasteiger partial charge in [0.05, 0.1) is 32.3 Å². The largest absolute Gasteiger partial charge is 0.394 e. The lowest BCUT2D eigenvalue weighted by Gasteiger charge is -2.37. The molecule has 82 valence electrons. The molecule has 0 bridgehead atoms. The first kappa shape index (κ1) is 11.4. The van der Waals surface area contributed by atoms with E-state index in [-0.39, 0.29) is 18.9 Å². The highest BCUT2D eigenvalue weighted by molar-refractivity contribution is 5.80. The highest BCUT2D eigenvalue weighted by Gasteiger charge is 2.43. The van der Waals surface area contributed by atoms with Gasteiger partial charge in [0.2, 0.25) is 5.91 Å². The molecule has 1 aliphatic heterocycles. The number of carbonyl (C=O) groups excluding carboxylic acids is 1. The van der Waals surface area contributed by atoms with Crippen molar-refractivity contribution in [3.63, 3.8) is 0 Å². The second-order valence-electron chi connectivity index (χ2n) is 3.56. The van der Waals surface area contributed by atoms with Crippen molar-refractivity contribution in [3.05, 3.63) is 0 Å². The molecule has 0 aromatic rings. The standard InChI is InChI=1S/C8H15NO5/c10-3-8(4-11,5-12)9-2-6(13)1-7(9)14/h6,10-13H,1-5H2. The summed E-state index contributed by atoms with van der Waals surface area (Å²) in [4.78, 5) is 12.5. The molecular weight excluding hydrogens is 190 g/mol. The predicted molar refractivity (Wildman–Crippen MR) is 46.3 cm³/mol. The van der Waals surface area contributed by atoms with E-state index in [2.05, 4.69) is 0 Å². The van der Waals surface area contributed by atoms with E-state index >= 15 is 0 Å². The predicted octanol–water partition coefficient (Wildman–Crippen LogP) is -2.70. The molecule has 1 fully saturated rings. The molecule has 14 heavy (non-hydrogen) atoms. The van der Waals surface area contributed by atoms with Crippen LogP contribution in [-0.2, 0) is 4.79 Å². The molecule has 4 N–H and O–H groups in total. The Balaban J connectivity index is 2.83. The van der Waals surface area contributed by atoms with Crippen LogP contribution < -0.4 is 0 Å². The van der Waals surface area contributed by atoms with Gasteiger partial charge in [-0.15, -0.1) is 0 Å². The first-order valence-electron chi connectivity index (χ1n) is 4.41. The lowest BCUT2D eigenvalue weighted by molar-refractivity contribution is -0.140. The summed E-state index contributed by atoms with van der Waals surface area (Å²) in [7, 11) is 0. The fourth-order valence-electron chi connectivity index (χ4n) is 1.55. The third kappa shape index (κ3) is 1.74. The second kappa shape index (κ2) is 4.22. The van der Waals surface area contributed by atoms with Gasteiger partial charge in [-0.05, 0) is 0 Å². The number of carbonyl (C=O) groups is 1. The number of hydrogen-bond acceptors (Lipinski definition) is 5. The number of hydrogen-bond donors (Lipinski definition) is 4. The Morgan fingerprint density at radius 1 is 1.29 bits per heavy atom. The Labute approximate surface area is 81.4 Å². The molecule has 0 aromatic carbocycles. The van der Waals surface area contributed by atoms with Gasteiger partial charge in [-0.25, -0.2) is 0 Å². The SMILES string of the molecule is O=C1CC(O)CN1C(CO)(CO)CO. The highest BCUT2D eigenvalue weighted by atomic mass is 16.3. The maximum Gasteiger partial charge on any atom is 0.226 e. The third-order valence-electron chi connectivity index (χ3n) is 2.56. The van der Waals surface area contributed by atoms with Crippen LogP contribution in [0.5, 0.6) is 0 Å². The minimum atomic E-state index is -1.35. The minimum Gasteiger partial charge on any atom is -0.394 e. The average Bonchev–Trinajstić information content (AvgIpc) is 2.51. The van der Waals surface area contributed by atoms with Crippen LogP contribution in [0.2, 0.25) is 0 Å². The fourth-order valence-corrected chi connectivity index (χ4v) is 1.55. The maximum absolute atomic E-state index is 11.3. The first-order chi connectivity index (χ1) is 6.59. The van der Waals surface area contributed by atoms with E-state index in [9.17, 15) is 9.90 Å². The number of amides is 1. The van der Waals surface area contributed by atoms with Crippen LogP contribution in [0.15, 0.2) is 0 Å². The third-order valence-corrected chi connectivity index (χ3v) is 2.56. The maximum atomic E-state index is 11.3. The lowest BCUT2D eigenvalue weighted by atomic mass is 10.0. The van der Waals surface area contributed by atoms with Crippen molar-refractivity contribution in [1.29, 1.82) is 0 Å². The number of nitrogens with zero attached hydrogens (tertiary/aromatic N) is 1. The molecule has 1 amide bonds. The van der Waals surface area contributed by atoms with Gasteiger partial charge in [-0.2, -0.15) is 0 Å². The van der Waals surface area contributed by atoms with Gasteiger partial charge in [0.15, 0.2) is 0 Å². The van der Waals surface area contributed by atoms with Crippen molar-refractivity contribution in [3.8, 4) is 0 Å². The van der Waals surface area contributed by atoms with Gasteiger partial charge >= 0.3 is 0 Å². The molecule has 6 nitrogen and oxygen atoms in total. The van der Waals surface area contributed by atoms with Crippen LogP contribution in [0.25, 0.3) is 0 Å². The van der Waals surface area contributed by atoms with E-state index in [1.54, 1.807) is 0 Å². The fraction of sp³-hybridized carbons (Fsp3) is 0.875. The average molecular weight is 205 g/mol. The number of β-amino-alcohol motifs (C(OH)–C–C–N with tert-alkyl or cyclic N) is 1. The van der Waals surface area contributed by atoms with Gasteiger partial charge in [0.25, 0.3) is 0 Å². The van der Waals surface area contributed by atoms with Crippen molar-refractivity contribution in [2.75, 3.05) is 26.4 Å². The molecule has 0 aromatic heterocycles. The molecule has 1 unspecified atom stereocenters. The van der Waals surface area contributed by atoms with E-state index in [4.69, 9.17) is 15.3 Å². The van der Waals surface area contributed by atoms with Gasteiger partial charge in [0.1, 0.15) is 5.54 Å². The zero-order valence-electron chi connectivity index (χ0n) is 7.76. The Hall–Kier alpha value is -0.690. The smallest absolute Gasteiger partial charge is 0.226 e. The summed E-state index contributed by atoms with van der Waals surface area (Å²) in [6, 6.07) is 0. The first-order valence-corrected chi connectivity index (χ1v) is 4.41. The number of aliphatic hydroxyl groups excluding tert-OH is 4. The number of aliphatic hydroxyl groups is 4. The van der Waals surface area contributed by atoms with Gasteiger partial charge in [-0.3, -0.25) is 4.79 Å². The Morgan fingerprint density at radius 2 is 1.79 bits per heavy atom. The van der Waals surface area contributed by atoms with Gasteiger partial charge in [-0.1, -0.05) is 0 Å². The summed E-state index contributed by atoms with van der Waals surface area (Å²) in [5.41, 5.74) is -1.35. The Bertz CT molecular complexity index is 208. The highest BCUT2D eigenvalue weighted by Crippen LogP contribution is 2.22. The quantitative estimate of drug-likeness (QED) is 0.400. The zero-order chi connectivity index (χ0) is 10.8. The molecule has 0 saturated carbocycles. The van der Waals surface area contributed by atoms with Crippen molar-refractivity contribution in [2.24, 2.45) is 0 Å². The molecule has 6 heteroatoms. The molecule has 1 heterocycles. The summed E-state index contributed by atoms with van der Waals surface area (Å²) in [5.74, 6) is -0.366. The van der Waals surface area contributed by atoms with Crippen LogP contribution >= 0.6 is 0 Å². The van der Waals surface area contributed by atoms with Crippen LogP contribution in [0.3, 0.4) is 0 Å².